The van der Waals surface area contributed by atoms with Gasteiger partial charge in [0.2, 0.25) is 0 Å². The molecule has 1 unspecified atom stereocenters. The minimum Gasteiger partial charge on any atom is -0.507 e. The van der Waals surface area contributed by atoms with E-state index in [1.165, 1.54) is 4.90 Å². The number of ketones is 1. The summed E-state index contributed by atoms with van der Waals surface area (Å²) >= 11 is 3.48. The Morgan fingerprint density at radius 1 is 1.03 bits per heavy atom. The maximum Gasteiger partial charge on any atom is 0.295 e. The number of amides is 1. The third-order valence-electron chi connectivity index (χ3n) is 6.60. The van der Waals surface area contributed by atoms with Crippen LogP contribution in [0.1, 0.15) is 54.6 Å². The molecule has 0 radical (unpaired) electrons. The Morgan fingerprint density at radius 2 is 1.69 bits per heavy atom. The number of carbonyl (C=O) groups excluding carboxylic acids is 2. The van der Waals surface area contributed by atoms with Crippen molar-refractivity contribution in [1.29, 1.82) is 0 Å². The molecule has 1 aliphatic rings. The van der Waals surface area contributed by atoms with E-state index in [9.17, 15) is 14.7 Å². The van der Waals surface area contributed by atoms with Crippen molar-refractivity contribution < 1.29 is 19.4 Å². The summed E-state index contributed by atoms with van der Waals surface area (Å²) in [4.78, 5) is 28.3. The molecule has 4 rings (SSSR count). The van der Waals surface area contributed by atoms with Gasteiger partial charge in [0.1, 0.15) is 11.5 Å². The predicted molar refractivity (Wildman–Crippen MR) is 145 cm³/mol. The number of likely N-dealkylation sites (tertiary alicyclic amines) is 1. The molecule has 0 bridgehead atoms. The van der Waals surface area contributed by atoms with Crippen molar-refractivity contribution in [1.82, 2.24) is 4.90 Å². The smallest absolute Gasteiger partial charge is 0.295 e. The number of methoxy groups -OCH3 is 1. The second-order valence-corrected chi connectivity index (χ2v) is 10.9. The number of para-hydroxylation sites is 1. The molecular weight excluding hydrogens is 518 g/mol. The fraction of sp³-hybridized carbons (Fsp3) is 0.267. The molecule has 36 heavy (non-hydrogen) atoms. The Balaban J connectivity index is 1.88. The van der Waals surface area contributed by atoms with Gasteiger partial charge in [-0.2, -0.15) is 0 Å². The lowest BCUT2D eigenvalue weighted by Gasteiger charge is -2.27. The summed E-state index contributed by atoms with van der Waals surface area (Å²) in [6.07, 6.45) is 0. The SMILES string of the molecule is COc1ccccc1CN1C(=O)C(=O)/C(=C(\O)c2ccc(Br)c(C)c2)C1c1ccc(C(C)(C)C)cc1. The zero-order valence-electron chi connectivity index (χ0n) is 21.1. The number of hydrogen-bond donors (Lipinski definition) is 1. The Kier molecular flexibility index (Phi) is 7.10. The third kappa shape index (κ3) is 4.82. The number of carbonyl (C=O) groups is 2. The van der Waals surface area contributed by atoms with Crippen LogP contribution >= 0.6 is 15.9 Å². The highest BCUT2D eigenvalue weighted by molar-refractivity contribution is 9.10. The zero-order valence-corrected chi connectivity index (χ0v) is 22.7. The van der Waals surface area contributed by atoms with Crippen LogP contribution in [-0.2, 0) is 21.5 Å². The quantitative estimate of drug-likeness (QED) is 0.219. The number of rotatable bonds is 5. The van der Waals surface area contributed by atoms with Gasteiger partial charge in [0.25, 0.3) is 11.7 Å². The maximum absolute atomic E-state index is 13.4. The van der Waals surface area contributed by atoms with E-state index in [0.717, 1.165) is 26.7 Å². The summed E-state index contributed by atoms with van der Waals surface area (Å²) in [6.45, 7) is 8.46. The fourth-order valence-electron chi connectivity index (χ4n) is 4.52. The molecule has 3 aromatic carbocycles. The largest absolute Gasteiger partial charge is 0.507 e. The van der Waals surface area contributed by atoms with Crippen LogP contribution in [0.15, 0.2) is 76.8 Å². The van der Waals surface area contributed by atoms with Crippen LogP contribution in [-0.4, -0.2) is 28.8 Å². The molecule has 1 N–H and O–H groups in total. The summed E-state index contributed by atoms with van der Waals surface area (Å²) in [5.74, 6) is -0.907. The lowest BCUT2D eigenvalue weighted by Crippen LogP contribution is -2.29. The van der Waals surface area contributed by atoms with Crippen molar-refractivity contribution in [3.8, 4) is 5.75 Å². The van der Waals surface area contributed by atoms with Gasteiger partial charge < -0.3 is 14.7 Å². The van der Waals surface area contributed by atoms with Gasteiger partial charge in [-0.3, -0.25) is 9.59 Å². The first-order valence-corrected chi connectivity index (χ1v) is 12.6. The molecule has 0 aromatic heterocycles. The van der Waals surface area contributed by atoms with Crippen molar-refractivity contribution in [3.63, 3.8) is 0 Å². The number of aliphatic hydroxyl groups excluding tert-OH is 1. The van der Waals surface area contributed by atoms with E-state index in [4.69, 9.17) is 4.74 Å². The average Bonchev–Trinajstić information content (AvgIpc) is 3.10. The second-order valence-electron chi connectivity index (χ2n) is 10.1. The minimum absolute atomic E-state index is 0.0489. The summed E-state index contributed by atoms with van der Waals surface area (Å²) in [7, 11) is 1.57. The minimum atomic E-state index is -0.743. The highest BCUT2D eigenvalue weighted by Crippen LogP contribution is 2.41. The summed E-state index contributed by atoms with van der Waals surface area (Å²) in [6, 6.07) is 19.9. The Morgan fingerprint density at radius 3 is 2.31 bits per heavy atom. The number of hydrogen-bond acceptors (Lipinski definition) is 4. The average molecular weight is 548 g/mol. The van der Waals surface area contributed by atoms with E-state index in [1.54, 1.807) is 19.2 Å². The molecule has 1 fully saturated rings. The van der Waals surface area contributed by atoms with Gasteiger partial charge in [0.05, 0.1) is 25.3 Å². The van der Waals surface area contributed by atoms with Gasteiger partial charge >= 0.3 is 0 Å². The number of benzene rings is 3. The van der Waals surface area contributed by atoms with Crippen molar-refractivity contribution in [2.45, 2.75) is 45.7 Å². The lowest BCUT2D eigenvalue weighted by molar-refractivity contribution is -0.140. The molecule has 0 spiro atoms. The van der Waals surface area contributed by atoms with Gasteiger partial charge in [-0.25, -0.2) is 0 Å². The third-order valence-corrected chi connectivity index (χ3v) is 7.49. The molecule has 0 aliphatic carbocycles. The van der Waals surface area contributed by atoms with Crippen LogP contribution in [0.25, 0.3) is 5.76 Å². The predicted octanol–water partition coefficient (Wildman–Crippen LogP) is 6.69. The molecular formula is C30H30BrNO4. The molecule has 6 heteroatoms. The number of ether oxygens (including phenoxy) is 1. The highest BCUT2D eigenvalue weighted by atomic mass is 79.9. The van der Waals surface area contributed by atoms with Crippen LogP contribution in [0.5, 0.6) is 5.75 Å². The first-order valence-electron chi connectivity index (χ1n) is 11.8. The van der Waals surface area contributed by atoms with Crippen molar-refractivity contribution >= 4 is 33.4 Å². The van der Waals surface area contributed by atoms with Crippen LogP contribution < -0.4 is 4.74 Å². The molecule has 3 aromatic rings. The number of Topliss-reactive ketones (excluding diaryl/α,β-unsaturated/α-hetero) is 1. The molecule has 0 saturated carbocycles. The fourth-order valence-corrected chi connectivity index (χ4v) is 4.77. The number of nitrogens with zero attached hydrogens (tertiary/aromatic N) is 1. The van der Waals surface area contributed by atoms with Gasteiger partial charge in [0, 0.05) is 15.6 Å². The molecule has 1 heterocycles. The second kappa shape index (κ2) is 9.94. The molecule has 1 atom stereocenters. The number of aryl methyl sites for hydroxylation is 1. The topological polar surface area (TPSA) is 66.8 Å². The summed E-state index contributed by atoms with van der Waals surface area (Å²) in [5, 5.41) is 11.4. The van der Waals surface area contributed by atoms with Crippen molar-refractivity contribution in [2.75, 3.05) is 7.11 Å². The van der Waals surface area contributed by atoms with Gasteiger partial charge in [-0.05, 0) is 47.2 Å². The van der Waals surface area contributed by atoms with Gasteiger partial charge in [0.15, 0.2) is 0 Å². The Hall–Kier alpha value is -3.38. The first kappa shape index (κ1) is 25.7. The van der Waals surface area contributed by atoms with E-state index in [2.05, 4.69) is 36.7 Å². The van der Waals surface area contributed by atoms with E-state index < -0.39 is 17.7 Å². The number of aliphatic hydroxyl groups is 1. The Bertz CT molecular complexity index is 1350. The van der Waals surface area contributed by atoms with Gasteiger partial charge in [-0.1, -0.05) is 85.2 Å². The highest BCUT2D eigenvalue weighted by Gasteiger charge is 2.46. The number of halogens is 1. The van der Waals surface area contributed by atoms with E-state index in [0.29, 0.717) is 11.3 Å². The van der Waals surface area contributed by atoms with Crippen molar-refractivity contribution in [2.24, 2.45) is 0 Å². The van der Waals surface area contributed by atoms with E-state index >= 15 is 0 Å². The standard InChI is InChI=1S/C30H30BrNO4/c1-18-16-20(12-15-23(18)31)27(33)25-26(19-10-13-22(14-11-19)30(2,3)4)32(29(35)28(25)34)17-21-8-6-7-9-24(21)36-5/h6-16,26,33H,17H2,1-5H3/b27-25-. The van der Waals surface area contributed by atoms with Crippen LogP contribution in [0.3, 0.4) is 0 Å². The molecule has 1 saturated heterocycles. The van der Waals surface area contributed by atoms with Crippen LogP contribution in [0.4, 0.5) is 0 Å². The lowest BCUT2D eigenvalue weighted by atomic mass is 9.85. The zero-order chi connectivity index (χ0) is 26.2. The molecule has 1 amide bonds. The van der Waals surface area contributed by atoms with Crippen LogP contribution in [0.2, 0.25) is 0 Å². The van der Waals surface area contributed by atoms with Crippen molar-refractivity contribution in [3.05, 3.63) is 105 Å². The van der Waals surface area contributed by atoms with E-state index in [-0.39, 0.29) is 23.3 Å². The molecule has 5 nitrogen and oxygen atoms in total. The summed E-state index contributed by atoms with van der Waals surface area (Å²) in [5.41, 5.74) is 4.10. The Labute approximate surface area is 220 Å². The van der Waals surface area contributed by atoms with Gasteiger partial charge in [-0.15, -0.1) is 0 Å². The maximum atomic E-state index is 13.4. The van der Waals surface area contributed by atoms with Crippen LogP contribution in [0, 0.1) is 6.92 Å². The normalized spacial score (nSPS) is 17.5. The van der Waals surface area contributed by atoms with E-state index in [1.807, 2.05) is 61.5 Å². The molecule has 1 aliphatic heterocycles. The first-order chi connectivity index (χ1) is 17.0. The molecule has 186 valence electrons. The monoisotopic (exact) mass is 547 g/mol. The summed E-state index contributed by atoms with van der Waals surface area (Å²) < 4.78 is 6.38.